The van der Waals surface area contributed by atoms with Crippen LogP contribution in [0.3, 0.4) is 0 Å². The average molecular weight is 227 g/mol. The van der Waals surface area contributed by atoms with E-state index in [9.17, 15) is 0 Å². The molecule has 0 spiro atoms. The number of hydrogen-bond donors (Lipinski definition) is 1. The van der Waals surface area contributed by atoms with Gasteiger partial charge in [-0.3, -0.25) is 0 Å². The lowest BCUT2D eigenvalue weighted by atomic mass is 10.0. The Morgan fingerprint density at radius 1 is 0.500 bits per heavy atom. The summed E-state index contributed by atoms with van der Waals surface area (Å²) in [6.45, 7) is 3.16. The molecule has 0 heterocycles. The van der Waals surface area contributed by atoms with Crippen LogP contribution in [0.25, 0.3) is 0 Å². The van der Waals surface area contributed by atoms with Crippen LogP contribution in [0.2, 0.25) is 0 Å². The van der Waals surface area contributed by atoms with Crippen molar-refractivity contribution in [1.29, 1.82) is 0 Å². The Labute approximate surface area is 103 Å². The van der Waals surface area contributed by atoms with E-state index in [4.69, 9.17) is 5.73 Å². The van der Waals surface area contributed by atoms with E-state index in [2.05, 4.69) is 6.92 Å². The molecule has 0 saturated heterocycles. The van der Waals surface area contributed by atoms with Crippen molar-refractivity contribution in [2.75, 3.05) is 6.54 Å². The third-order valence-electron chi connectivity index (χ3n) is 3.31. The highest BCUT2D eigenvalue weighted by Gasteiger charge is 1.92. The van der Waals surface area contributed by atoms with E-state index >= 15 is 0 Å². The zero-order valence-corrected chi connectivity index (χ0v) is 11.5. The molecule has 1 heteroatoms. The van der Waals surface area contributed by atoms with Crippen LogP contribution < -0.4 is 5.73 Å². The van der Waals surface area contributed by atoms with Crippen molar-refractivity contribution in [3.63, 3.8) is 0 Å². The standard InChI is InChI=1S/C15H33N/c1-2-3-4-5-6-7-8-9-10-11-12-13-14-15-16/h2-16H2,1H3. The summed E-state index contributed by atoms with van der Waals surface area (Å²) in [7, 11) is 0. The molecule has 0 aliphatic rings. The first-order chi connectivity index (χ1) is 7.91. The normalized spacial score (nSPS) is 10.9. The summed E-state index contributed by atoms with van der Waals surface area (Å²) >= 11 is 0. The van der Waals surface area contributed by atoms with Crippen molar-refractivity contribution in [1.82, 2.24) is 0 Å². The minimum Gasteiger partial charge on any atom is -0.330 e. The van der Waals surface area contributed by atoms with E-state index in [1.807, 2.05) is 0 Å². The predicted octanol–water partition coefficient (Wildman–Crippen LogP) is 5.04. The Hall–Kier alpha value is -0.0400. The SMILES string of the molecule is CCCCCCCCCCCCCCCN. The molecule has 0 aliphatic carbocycles. The molecule has 0 aromatic rings. The molecule has 0 unspecified atom stereocenters. The van der Waals surface area contributed by atoms with E-state index < -0.39 is 0 Å². The zero-order valence-electron chi connectivity index (χ0n) is 11.5. The lowest BCUT2D eigenvalue weighted by Crippen LogP contribution is -1.97. The van der Waals surface area contributed by atoms with Crippen LogP contribution in [0.15, 0.2) is 0 Å². The fraction of sp³-hybridized carbons (Fsp3) is 1.00. The monoisotopic (exact) mass is 227 g/mol. The smallest absolute Gasteiger partial charge is 0.00773 e. The van der Waals surface area contributed by atoms with Crippen molar-refractivity contribution in [2.45, 2.75) is 90.4 Å². The van der Waals surface area contributed by atoms with Gasteiger partial charge >= 0.3 is 0 Å². The number of nitrogens with two attached hydrogens (primary N) is 1. The number of hydrogen-bond acceptors (Lipinski definition) is 1. The van der Waals surface area contributed by atoms with Crippen LogP contribution in [0.4, 0.5) is 0 Å². The molecule has 0 aromatic heterocycles. The molecule has 0 saturated carbocycles. The van der Waals surface area contributed by atoms with Crippen LogP contribution in [-0.4, -0.2) is 6.54 Å². The molecule has 1 nitrogen and oxygen atoms in total. The van der Waals surface area contributed by atoms with Crippen molar-refractivity contribution >= 4 is 0 Å². The number of rotatable bonds is 13. The van der Waals surface area contributed by atoms with Gasteiger partial charge in [-0.2, -0.15) is 0 Å². The van der Waals surface area contributed by atoms with Gasteiger partial charge in [0.2, 0.25) is 0 Å². The molecule has 2 N–H and O–H groups in total. The molecule has 16 heavy (non-hydrogen) atoms. The summed E-state index contributed by atoms with van der Waals surface area (Å²) in [6, 6.07) is 0. The summed E-state index contributed by atoms with van der Waals surface area (Å²) in [5, 5.41) is 0. The molecule has 0 fully saturated rings. The third kappa shape index (κ3) is 14.0. The summed E-state index contributed by atoms with van der Waals surface area (Å²) in [5.41, 5.74) is 5.46. The van der Waals surface area contributed by atoms with E-state index in [0.29, 0.717) is 0 Å². The van der Waals surface area contributed by atoms with Crippen molar-refractivity contribution < 1.29 is 0 Å². The van der Waals surface area contributed by atoms with Gasteiger partial charge in [0.25, 0.3) is 0 Å². The summed E-state index contributed by atoms with van der Waals surface area (Å²) in [5.74, 6) is 0. The van der Waals surface area contributed by atoms with E-state index in [1.54, 1.807) is 0 Å². The highest BCUT2D eigenvalue weighted by atomic mass is 14.5. The van der Waals surface area contributed by atoms with Crippen LogP contribution in [-0.2, 0) is 0 Å². The first-order valence-electron chi connectivity index (χ1n) is 7.62. The Morgan fingerprint density at radius 3 is 1.12 bits per heavy atom. The van der Waals surface area contributed by atoms with Gasteiger partial charge in [-0.15, -0.1) is 0 Å². The lowest BCUT2D eigenvalue weighted by Gasteiger charge is -2.02. The second-order valence-corrected chi connectivity index (χ2v) is 5.03. The van der Waals surface area contributed by atoms with Crippen LogP contribution in [0.1, 0.15) is 90.4 Å². The Bertz CT molecular complexity index is 98.0. The largest absolute Gasteiger partial charge is 0.330 e. The van der Waals surface area contributed by atoms with Gasteiger partial charge in [-0.25, -0.2) is 0 Å². The average Bonchev–Trinajstić information content (AvgIpc) is 2.31. The molecule has 0 rings (SSSR count). The maximum atomic E-state index is 5.46. The summed E-state index contributed by atoms with van der Waals surface area (Å²) in [6.07, 6.45) is 18.4. The molecule has 0 bridgehead atoms. The number of unbranched alkanes of at least 4 members (excludes halogenated alkanes) is 12. The van der Waals surface area contributed by atoms with Crippen LogP contribution in [0.5, 0.6) is 0 Å². The van der Waals surface area contributed by atoms with Crippen LogP contribution in [0, 0.1) is 0 Å². The van der Waals surface area contributed by atoms with Gasteiger partial charge in [0.15, 0.2) is 0 Å². The first-order valence-corrected chi connectivity index (χ1v) is 7.62. The van der Waals surface area contributed by atoms with Gasteiger partial charge in [-0.05, 0) is 13.0 Å². The first kappa shape index (κ1) is 16.0. The minimum absolute atomic E-state index is 0.873. The summed E-state index contributed by atoms with van der Waals surface area (Å²) in [4.78, 5) is 0. The molecule has 0 radical (unpaired) electrons. The Morgan fingerprint density at radius 2 is 0.812 bits per heavy atom. The van der Waals surface area contributed by atoms with Crippen molar-refractivity contribution in [3.8, 4) is 0 Å². The lowest BCUT2D eigenvalue weighted by molar-refractivity contribution is 0.540. The highest BCUT2D eigenvalue weighted by Crippen LogP contribution is 2.12. The van der Waals surface area contributed by atoms with Gasteiger partial charge in [-0.1, -0.05) is 84.0 Å². The van der Waals surface area contributed by atoms with E-state index in [1.165, 1.54) is 83.5 Å². The molecule has 0 aromatic carbocycles. The van der Waals surface area contributed by atoms with Gasteiger partial charge in [0, 0.05) is 0 Å². The maximum absolute atomic E-state index is 5.46. The predicted molar refractivity (Wildman–Crippen MR) is 74.7 cm³/mol. The fourth-order valence-corrected chi connectivity index (χ4v) is 2.16. The Kier molecular flexibility index (Phi) is 14.9. The van der Waals surface area contributed by atoms with E-state index in [-0.39, 0.29) is 0 Å². The Balaban J connectivity index is 2.83. The molecular weight excluding hydrogens is 194 g/mol. The minimum atomic E-state index is 0.873. The third-order valence-corrected chi connectivity index (χ3v) is 3.31. The van der Waals surface area contributed by atoms with Crippen LogP contribution >= 0.6 is 0 Å². The van der Waals surface area contributed by atoms with Gasteiger partial charge < -0.3 is 5.73 Å². The molecule has 98 valence electrons. The second-order valence-electron chi connectivity index (χ2n) is 5.03. The highest BCUT2D eigenvalue weighted by molar-refractivity contribution is 4.48. The molecule has 0 aliphatic heterocycles. The van der Waals surface area contributed by atoms with Crippen molar-refractivity contribution in [2.24, 2.45) is 5.73 Å². The molecule has 0 amide bonds. The van der Waals surface area contributed by atoms with Crippen molar-refractivity contribution in [3.05, 3.63) is 0 Å². The molecule has 0 atom stereocenters. The topological polar surface area (TPSA) is 26.0 Å². The fourth-order valence-electron chi connectivity index (χ4n) is 2.16. The maximum Gasteiger partial charge on any atom is -0.00773 e. The second kappa shape index (κ2) is 15.0. The zero-order chi connectivity index (χ0) is 11.9. The molecular formula is C15H33N. The van der Waals surface area contributed by atoms with Gasteiger partial charge in [0.1, 0.15) is 0 Å². The summed E-state index contributed by atoms with van der Waals surface area (Å²) < 4.78 is 0. The van der Waals surface area contributed by atoms with Gasteiger partial charge in [0.05, 0.1) is 0 Å². The quantitative estimate of drug-likeness (QED) is 0.438. The van der Waals surface area contributed by atoms with E-state index in [0.717, 1.165) is 6.54 Å².